The largest absolute Gasteiger partial charge is 0.484 e. The van der Waals surface area contributed by atoms with Gasteiger partial charge in [-0.05, 0) is 54.3 Å². The van der Waals surface area contributed by atoms with Gasteiger partial charge >= 0.3 is 0 Å². The van der Waals surface area contributed by atoms with E-state index < -0.39 is 0 Å². The van der Waals surface area contributed by atoms with Gasteiger partial charge in [-0.2, -0.15) is 0 Å². The number of anilines is 1. The molecule has 3 aromatic carbocycles. The van der Waals surface area contributed by atoms with Crippen molar-refractivity contribution in [2.24, 2.45) is 0 Å². The summed E-state index contributed by atoms with van der Waals surface area (Å²) in [5.41, 5.74) is 3.27. The van der Waals surface area contributed by atoms with Crippen LogP contribution in [0.25, 0.3) is 20.8 Å². The average molecular weight is 485 g/mol. The Balaban J connectivity index is 1.52. The zero-order chi connectivity index (χ0) is 22.7. The Kier molecular flexibility index (Phi) is 6.99. The summed E-state index contributed by atoms with van der Waals surface area (Å²) in [6.45, 7) is 4.20. The fraction of sp³-hybridized carbons (Fsp3) is 0.200. The average Bonchev–Trinajstić information content (AvgIpc) is 3.23. The molecule has 4 nitrogen and oxygen atoms in total. The third-order valence-electron chi connectivity index (χ3n) is 5.28. The van der Waals surface area contributed by atoms with E-state index in [1.165, 1.54) is 16.9 Å². The van der Waals surface area contributed by atoms with E-state index in [9.17, 15) is 4.79 Å². The topological polar surface area (TPSA) is 51.2 Å². The summed E-state index contributed by atoms with van der Waals surface area (Å²) >= 11 is 14.2. The molecule has 0 aliphatic carbocycles. The molecule has 7 heteroatoms. The number of rotatable bonds is 7. The van der Waals surface area contributed by atoms with Crippen LogP contribution < -0.4 is 10.1 Å². The lowest BCUT2D eigenvalue weighted by atomic mass is 9.99. The minimum Gasteiger partial charge on any atom is -0.484 e. The molecule has 1 N–H and O–H groups in total. The summed E-state index contributed by atoms with van der Waals surface area (Å²) in [4.78, 5) is 17.3. The first-order chi connectivity index (χ1) is 15.4. The van der Waals surface area contributed by atoms with Gasteiger partial charge in [-0.25, -0.2) is 4.98 Å². The number of carbonyl (C=O) groups excluding carboxylic acids is 1. The molecule has 1 aromatic heterocycles. The second kappa shape index (κ2) is 9.90. The van der Waals surface area contributed by atoms with Gasteiger partial charge < -0.3 is 10.1 Å². The molecule has 1 amide bonds. The Morgan fingerprint density at radius 3 is 2.59 bits per heavy atom. The number of nitrogens with one attached hydrogen (secondary N) is 1. The smallest absolute Gasteiger partial charge is 0.262 e. The van der Waals surface area contributed by atoms with Gasteiger partial charge in [0.2, 0.25) is 0 Å². The number of thiazole rings is 1. The van der Waals surface area contributed by atoms with Gasteiger partial charge in [-0.3, -0.25) is 4.79 Å². The van der Waals surface area contributed by atoms with Crippen LogP contribution in [0.2, 0.25) is 10.0 Å². The number of nitrogens with zero attached hydrogens (tertiary/aromatic N) is 1. The Morgan fingerprint density at radius 2 is 1.88 bits per heavy atom. The van der Waals surface area contributed by atoms with Crippen molar-refractivity contribution in [3.63, 3.8) is 0 Å². The maximum atomic E-state index is 12.7. The van der Waals surface area contributed by atoms with Crippen LogP contribution in [0.1, 0.15) is 31.7 Å². The van der Waals surface area contributed by atoms with Crippen LogP contribution in [0, 0.1) is 0 Å². The van der Waals surface area contributed by atoms with E-state index in [0.29, 0.717) is 33.0 Å². The predicted octanol–water partition coefficient (Wildman–Crippen LogP) is 7.80. The van der Waals surface area contributed by atoms with Crippen molar-refractivity contribution in [1.82, 2.24) is 4.98 Å². The van der Waals surface area contributed by atoms with Crippen molar-refractivity contribution in [2.75, 3.05) is 11.9 Å². The number of fused-ring (bicyclic) bond motifs is 1. The number of amides is 1. The van der Waals surface area contributed by atoms with Gasteiger partial charge in [-0.15, -0.1) is 11.3 Å². The first-order valence-electron chi connectivity index (χ1n) is 10.3. The second-order valence-corrected chi connectivity index (χ2v) is 9.39. The monoisotopic (exact) mass is 484 g/mol. The molecule has 0 bridgehead atoms. The Labute approximate surface area is 201 Å². The highest BCUT2D eigenvalue weighted by Gasteiger charge is 2.17. The number of halogens is 2. The maximum absolute atomic E-state index is 12.7. The summed E-state index contributed by atoms with van der Waals surface area (Å²) in [6, 6.07) is 19.0. The maximum Gasteiger partial charge on any atom is 0.262 e. The number of ether oxygens (including phenoxy) is 1. The lowest BCUT2D eigenvalue weighted by Gasteiger charge is -2.13. The molecule has 0 unspecified atom stereocenters. The van der Waals surface area contributed by atoms with Crippen LogP contribution in [0.3, 0.4) is 0 Å². The van der Waals surface area contributed by atoms with E-state index in [-0.39, 0.29) is 12.5 Å². The SMILES string of the molecule is CC[C@H](C)c1ccc(OCC(=O)Nc2c(Cl)cc(Cl)cc2-c2nc3ccccc3s2)cc1. The van der Waals surface area contributed by atoms with Crippen LogP contribution in [-0.4, -0.2) is 17.5 Å². The third kappa shape index (κ3) is 5.07. The molecule has 1 atom stereocenters. The predicted molar refractivity (Wildman–Crippen MR) is 134 cm³/mol. The summed E-state index contributed by atoms with van der Waals surface area (Å²) in [7, 11) is 0. The zero-order valence-electron chi connectivity index (χ0n) is 17.7. The minimum absolute atomic E-state index is 0.138. The highest BCUT2D eigenvalue weighted by molar-refractivity contribution is 7.21. The standard InChI is InChI=1S/C25H22Cl2N2O2S/c1-3-15(2)16-8-10-18(11-9-16)31-14-23(30)29-24-19(12-17(26)13-20(24)27)25-28-21-6-4-5-7-22(21)32-25/h4-13,15H,3,14H2,1-2H3,(H,29,30)/t15-/m0/s1. The number of hydrogen-bond donors (Lipinski definition) is 1. The fourth-order valence-corrected chi connectivity index (χ4v) is 4.84. The molecular weight excluding hydrogens is 463 g/mol. The summed E-state index contributed by atoms with van der Waals surface area (Å²) in [6.07, 6.45) is 1.07. The van der Waals surface area contributed by atoms with Crippen LogP contribution in [0.5, 0.6) is 5.75 Å². The number of aromatic nitrogens is 1. The van der Waals surface area contributed by atoms with Crippen molar-refractivity contribution in [3.8, 4) is 16.3 Å². The van der Waals surface area contributed by atoms with Gasteiger partial charge in [0.25, 0.3) is 5.91 Å². The molecule has 4 aromatic rings. The fourth-order valence-electron chi connectivity index (χ4n) is 3.31. The van der Waals surface area contributed by atoms with E-state index in [0.717, 1.165) is 21.6 Å². The molecule has 1 heterocycles. The van der Waals surface area contributed by atoms with Crippen LogP contribution in [0.15, 0.2) is 60.7 Å². The number of carbonyl (C=O) groups is 1. The number of hydrogen-bond acceptors (Lipinski definition) is 4. The van der Waals surface area contributed by atoms with Crippen LogP contribution in [-0.2, 0) is 4.79 Å². The van der Waals surface area contributed by atoms with Crippen molar-refractivity contribution in [3.05, 3.63) is 76.3 Å². The zero-order valence-corrected chi connectivity index (χ0v) is 20.0. The molecule has 0 saturated heterocycles. The molecular formula is C25H22Cl2N2O2S. The van der Waals surface area contributed by atoms with Crippen molar-refractivity contribution in [1.29, 1.82) is 0 Å². The van der Waals surface area contributed by atoms with Gasteiger partial charge in [-0.1, -0.05) is 61.3 Å². The number of para-hydroxylation sites is 1. The quantitative estimate of drug-likeness (QED) is 0.291. The molecule has 0 aliphatic heterocycles. The van der Waals surface area contributed by atoms with Crippen LogP contribution in [0.4, 0.5) is 5.69 Å². The molecule has 0 fully saturated rings. The molecule has 164 valence electrons. The molecule has 0 spiro atoms. The van der Waals surface area contributed by atoms with E-state index in [2.05, 4.69) is 24.1 Å². The van der Waals surface area contributed by atoms with Crippen molar-refractivity contribution >= 4 is 56.3 Å². The second-order valence-electron chi connectivity index (χ2n) is 7.51. The van der Waals surface area contributed by atoms with Gasteiger partial charge in [0, 0.05) is 10.6 Å². The third-order valence-corrected chi connectivity index (χ3v) is 6.86. The first kappa shape index (κ1) is 22.6. The van der Waals surface area contributed by atoms with E-state index in [4.69, 9.17) is 27.9 Å². The molecule has 4 rings (SSSR count). The first-order valence-corrected chi connectivity index (χ1v) is 11.9. The highest BCUT2D eigenvalue weighted by atomic mass is 35.5. The van der Waals surface area contributed by atoms with Gasteiger partial charge in [0.05, 0.1) is 20.9 Å². The van der Waals surface area contributed by atoms with Crippen molar-refractivity contribution in [2.45, 2.75) is 26.2 Å². The Hall–Kier alpha value is -2.60. The molecule has 32 heavy (non-hydrogen) atoms. The Morgan fingerprint density at radius 1 is 1.12 bits per heavy atom. The molecule has 0 radical (unpaired) electrons. The van der Waals surface area contributed by atoms with Crippen LogP contribution >= 0.6 is 34.5 Å². The molecule has 0 saturated carbocycles. The summed E-state index contributed by atoms with van der Waals surface area (Å²) in [5.74, 6) is 0.809. The van der Waals surface area contributed by atoms with Gasteiger partial charge in [0.15, 0.2) is 6.61 Å². The lowest BCUT2D eigenvalue weighted by molar-refractivity contribution is -0.118. The molecule has 0 aliphatic rings. The number of benzene rings is 3. The normalized spacial score (nSPS) is 12.0. The lowest BCUT2D eigenvalue weighted by Crippen LogP contribution is -2.20. The summed E-state index contributed by atoms with van der Waals surface area (Å²) in [5, 5.41) is 4.42. The highest BCUT2D eigenvalue weighted by Crippen LogP contribution is 2.40. The van der Waals surface area contributed by atoms with E-state index in [1.54, 1.807) is 12.1 Å². The van der Waals surface area contributed by atoms with Crippen molar-refractivity contribution < 1.29 is 9.53 Å². The van der Waals surface area contributed by atoms with E-state index >= 15 is 0 Å². The Bertz CT molecular complexity index is 1220. The van der Waals surface area contributed by atoms with Gasteiger partial charge in [0.1, 0.15) is 10.8 Å². The van der Waals surface area contributed by atoms with E-state index in [1.807, 2.05) is 48.5 Å². The summed E-state index contributed by atoms with van der Waals surface area (Å²) < 4.78 is 6.71. The minimum atomic E-state index is -0.317.